The van der Waals surface area contributed by atoms with Crippen LogP contribution >= 0.6 is 0 Å². The Morgan fingerprint density at radius 2 is 1.65 bits per heavy atom. The van der Waals surface area contributed by atoms with Crippen LogP contribution in [0.25, 0.3) is 0 Å². The van der Waals surface area contributed by atoms with E-state index >= 15 is 0 Å². The summed E-state index contributed by atoms with van der Waals surface area (Å²) in [5, 5.41) is 3.34. The zero-order valence-corrected chi connectivity index (χ0v) is 18.8. The van der Waals surface area contributed by atoms with Crippen LogP contribution in [-0.4, -0.2) is 28.3 Å². The van der Waals surface area contributed by atoms with Crippen LogP contribution in [0.4, 0.5) is 0 Å². The van der Waals surface area contributed by atoms with Gasteiger partial charge in [-0.25, -0.2) is 0 Å². The van der Waals surface area contributed by atoms with Gasteiger partial charge in [-0.3, -0.25) is 9.59 Å². The van der Waals surface area contributed by atoms with E-state index in [2.05, 4.69) is 36.5 Å². The minimum absolute atomic E-state index is 0.0203. The van der Waals surface area contributed by atoms with Gasteiger partial charge >= 0.3 is 0 Å². The number of aryl methyl sites for hydroxylation is 1. The molecule has 0 bridgehead atoms. The lowest BCUT2D eigenvalue weighted by atomic mass is 9.82. The number of rotatable bonds is 4. The maximum atomic E-state index is 13.7. The Labute approximate surface area is 186 Å². The van der Waals surface area contributed by atoms with Crippen molar-refractivity contribution in [3.8, 4) is 0 Å². The lowest BCUT2D eigenvalue weighted by Crippen LogP contribution is -2.63. The molecular formula is C27H34N2O2. The van der Waals surface area contributed by atoms with Crippen LogP contribution in [-0.2, 0) is 17.8 Å². The molecule has 4 nitrogen and oxygen atoms in total. The maximum absolute atomic E-state index is 13.7. The summed E-state index contributed by atoms with van der Waals surface area (Å²) in [5.74, 6) is -0.0780. The van der Waals surface area contributed by atoms with E-state index in [0.717, 1.165) is 36.8 Å². The first-order valence-corrected chi connectivity index (χ1v) is 11.7. The molecule has 1 aliphatic carbocycles. The van der Waals surface area contributed by atoms with Crippen LogP contribution in [0.3, 0.4) is 0 Å². The Balaban J connectivity index is 1.62. The third kappa shape index (κ3) is 4.68. The topological polar surface area (TPSA) is 49.4 Å². The summed E-state index contributed by atoms with van der Waals surface area (Å²) >= 11 is 0. The molecule has 1 saturated carbocycles. The second-order valence-electron chi connectivity index (χ2n) is 9.50. The van der Waals surface area contributed by atoms with Gasteiger partial charge in [0.25, 0.3) is 5.91 Å². The van der Waals surface area contributed by atoms with Crippen molar-refractivity contribution in [3.63, 3.8) is 0 Å². The molecule has 0 radical (unpaired) electrons. The van der Waals surface area contributed by atoms with Crippen LogP contribution in [0.1, 0.15) is 78.9 Å². The number of amides is 2. The number of benzene rings is 2. The fourth-order valence-corrected chi connectivity index (χ4v) is 4.99. The Bertz CT molecular complexity index is 929. The largest absolute Gasteiger partial charge is 0.351 e. The van der Waals surface area contributed by atoms with Crippen molar-refractivity contribution < 1.29 is 9.59 Å². The summed E-state index contributed by atoms with van der Waals surface area (Å²) in [6.07, 6.45) is 8.72. The number of hydrogen-bond acceptors (Lipinski definition) is 2. The molecule has 1 atom stereocenters. The van der Waals surface area contributed by atoms with E-state index in [-0.39, 0.29) is 17.9 Å². The zero-order chi connectivity index (χ0) is 21.8. The molecule has 2 aliphatic rings. The van der Waals surface area contributed by atoms with Gasteiger partial charge in [0.05, 0.1) is 0 Å². The lowest BCUT2D eigenvalue weighted by molar-refractivity contribution is -0.132. The summed E-state index contributed by atoms with van der Waals surface area (Å²) in [4.78, 5) is 29.0. The highest BCUT2D eigenvalue weighted by Gasteiger charge is 2.47. The molecule has 1 N–H and O–H groups in total. The second-order valence-corrected chi connectivity index (χ2v) is 9.50. The van der Waals surface area contributed by atoms with E-state index in [1.807, 2.05) is 31.2 Å². The minimum Gasteiger partial charge on any atom is -0.351 e. The Hall–Kier alpha value is -2.62. The number of fused-ring (bicyclic) bond motifs is 1. The molecular weight excluding hydrogens is 384 g/mol. The Morgan fingerprint density at radius 1 is 1.00 bits per heavy atom. The van der Waals surface area contributed by atoms with Crippen molar-refractivity contribution in [1.82, 2.24) is 10.2 Å². The molecule has 0 unspecified atom stereocenters. The third-order valence-electron chi connectivity index (χ3n) is 7.01. The first kappa shape index (κ1) is 21.6. The number of nitrogens with one attached hydrogen (secondary N) is 1. The van der Waals surface area contributed by atoms with Crippen molar-refractivity contribution in [2.45, 2.75) is 83.3 Å². The normalized spacial score (nSPS) is 22.4. The molecule has 164 valence electrons. The van der Waals surface area contributed by atoms with E-state index in [0.29, 0.717) is 18.5 Å². The van der Waals surface area contributed by atoms with E-state index in [9.17, 15) is 9.59 Å². The molecule has 2 amide bonds. The van der Waals surface area contributed by atoms with Crippen LogP contribution < -0.4 is 5.32 Å². The van der Waals surface area contributed by atoms with Crippen LogP contribution in [0.5, 0.6) is 0 Å². The highest BCUT2D eigenvalue weighted by Crippen LogP contribution is 2.33. The number of nitrogens with zero attached hydrogens (tertiary/aromatic N) is 1. The van der Waals surface area contributed by atoms with Gasteiger partial charge in [-0.15, -0.1) is 0 Å². The van der Waals surface area contributed by atoms with Crippen LogP contribution in [0.15, 0.2) is 48.5 Å². The van der Waals surface area contributed by atoms with Gasteiger partial charge in [0.15, 0.2) is 0 Å². The minimum atomic E-state index is -0.904. The monoisotopic (exact) mass is 418 g/mol. The average molecular weight is 419 g/mol. The SMILES string of the molecule is Cc1ccc(CN2C(=O)c3ccccc3C[C@@]2(C)C(=O)NC2CCCCCCC2)cc1. The van der Waals surface area contributed by atoms with Gasteiger partial charge in [-0.1, -0.05) is 80.1 Å². The fraction of sp³-hybridized carbons (Fsp3) is 0.481. The zero-order valence-electron chi connectivity index (χ0n) is 18.8. The third-order valence-corrected chi connectivity index (χ3v) is 7.01. The Morgan fingerprint density at radius 3 is 2.35 bits per heavy atom. The lowest BCUT2D eigenvalue weighted by Gasteiger charge is -2.44. The molecule has 4 rings (SSSR count). The number of carbonyl (C=O) groups is 2. The van der Waals surface area contributed by atoms with Crippen LogP contribution in [0.2, 0.25) is 0 Å². The summed E-state index contributed by atoms with van der Waals surface area (Å²) in [6, 6.07) is 16.1. The molecule has 31 heavy (non-hydrogen) atoms. The van der Waals surface area contributed by atoms with Gasteiger partial charge in [0, 0.05) is 24.6 Å². The second kappa shape index (κ2) is 9.25. The molecule has 2 aromatic rings. The molecule has 4 heteroatoms. The van der Waals surface area contributed by atoms with Gasteiger partial charge in [-0.2, -0.15) is 0 Å². The number of carbonyl (C=O) groups excluding carboxylic acids is 2. The van der Waals surface area contributed by atoms with Crippen molar-refractivity contribution in [2.24, 2.45) is 0 Å². The van der Waals surface area contributed by atoms with Crippen molar-refractivity contribution in [2.75, 3.05) is 0 Å². The standard InChI is InChI=1S/C27H34N2O2/c1-20-14-16-21(17-15-20)19-29-25(30)24-13-9-8-10-22(24)18-27(29,2)26(31)28-23-11-6-4-3-5-7-12-23/h8-10,13-17,23H,3-7,11-12,18-19H2,1-2H3,(H,28,31)/t27-/m0/s1. The van der Waals surface area contributed by atoms with Gasteiger partial charge in [0.2, 0.25) is 5.91 Å². The summed E-state index contributed by atoms with van der Waals surface area (Å²) in [7, 11) is 0. The molecule has 0 spiro atoms. The maximum Gasteiger partial charge on any atom is 0.255 e. The first-order chi connectivity index (χ1) is 15.0. The first-order valence-electron chi connectivity index (χ1n) is 11.7. The van der Waals surface area contributed by atoms with E-state index < -0.39 is 5.54 Å². The van der Waals surface area contributed by atoms with Crippen molar-refractivity contribution in [1.29, 1.82) is 0 Å². The molecule has 0 aromatic heterocycles. The highest BCUT2D eigenvalue weighted by atomic mass is 16.2. The summed E-state index contributed by atoms with van der Waals surface area (Å²) in [6.45, 7) is 4.42. The molecule has 2 aromatic carbocycles. The fourth-order valence-electron chi connectivity index (χ4n) is 4.99. The molecule has 1 aliphatic heterocycles. The number of hydrogen-bond donors (Lipinski definition) is 1. The van der Waals surface area contributed by atoms with Crippen molar-refractivity contribution in [3.05, 3.63) is 70.8 Å². The quantitative estimate of drug-likeness (QED) is 0.744. The van der Waals surface area contributed by atoms with Gasteiger partial charge < -0.3 is 10.2 Å². The van der Waals surface area contributed by atoms with Gasteiger partial charge in [0.1, 0.15) is 5.54 Å². The summed E-state index contributed by atoms with van der Waals surface area (Å²) in [5.41, 5.74) is 3.00. The highest BCUT2D eigenvalue weighted by molar-refractivity contribution is 6.02. The van der Waals surface area contributed by atoms with E-state index in [1.54, 1.807) is 4.90 Å². The van der Waals surface area contributed by atoms with Gasteiger partial charge in [-0.05, 0) is 43.9 Å². The average Bonchev–Trinajstić information content (AvgIpc) is 2.74. The van der Waals surface area contributed by atoms with Crippen molar-refractivity contribution >= 4 is 11.8 Å². The Kier molecular flexibility index (Phi) is 6.45. The molecule has 1 fully saturated rings. The van der Waals surface area contributed by atoms with E-state index in [4.69, 9.17) is 0 Å². The smallest absolute Gasteiger partial charge is 0.255 e. The van der Waals surface area contributed by atoms with E-state index in [1.165, 1.54) is 24.8 Å². The molecule has 0 saturated heterocycles. The predicted octanol–water partition coefficient (Wildman–Crippen LogP) is 5.18. The summed E-state index contributed by atoms with van der Waals surface area (Å²) < 4.78 is 0. The predicted molar refractivity (Wildman–Crippen MR) is 124 cm³/mol. The van der Waals surface area contributed by atoms with Crippen LogP contribution in [0, 0.1) is 6.92 Å². The molecule has 1 heterocycles.